The molecule has 0 radical (unpaired) electrons. The average molecular weight is 186 g/mol. The van der Waals surface area contributed by atoms with Gasteiger partial charge in [0.05, 0.1) is 18.8 Å². The second-order valence-corrected chi connectivity index (χ2v) is 3.91. The van der Waals surface area contributed by atoms with Crippen molar-refractivity contribution in [2.75, 3.05) is 6.61 Å². The second-order valence-electron chi connectivity index (χ2n) is 3.91. The summed E-state index contributed by atoms with van der Waals surface area (Å²) in [6, 6.07) is 0. The van der Waals surface area contributed by atoms with Crippen LogP contribution in [0.3, 0.4) is 0 Å². The van der Waals surface area contributed by atoms with E-state index in [1.165, 1.54) is 0 Å². The molecule has 13 heavy (non-hydrogen) atoms. The van der Waals surface area contributed by atoms with E-state index in [0.29, 0.717) is 12.7 Å². The molecule has 0 aromatic carbocycles. The highest BCUT2D eigenvalue weighted by Crippen LogP contribution is 2.27. The van der Waals surface area contributed by atoms with Crippen LogP contribution >= 0.6 is 0 Å². The third-order valence-electron chi connectivity index (χ3n) is 2.79. The van der Waals surface area contributed by atoms with Gasteiger partial charge in [-0.15, -0.1) is 0 Å². The highest BCUT2D eigenvalue weighted by Gasteiger charge is 2.36. The van der Waals surface area contributed by atoms with Crippen molar-refractivity contribution in [3.63, 3.8) is 0 Å². The van der Waals surface area contributed by atoms with E-state index >= 15 is 0 Å². The number of rotatable bonds is 1. The van der Waals surface area contributed by atoms with Crippen molar-refractivity contribution in [2.24, 2.45) is 0 Å². The summed E-state index contributed by atoms with van der Waals surface area (Å²) in [4.78, 5) is 0. The smallest absolute Gasteiger partial charge is 0.157 e. The highest BCUT2D eigenvalue weighted by atomic mass is 16.7. The standard InChI is InChI=1S/C10H18O3/c1-3-10-11-6-9-8(13-10)5-4-7(2)12-9/h7-10H,3-6H2,1-2H3. The molecule has 0 aromatic rings. The minimum absolute atomic E-state index is 0.00161. The van der Waals surface area contributed by atoms with Gasteiger partial charge in [0.25, 0.3) is 0 Å². The van der Waals surface area contributed by atoms with E-state index in [0.717, 1.165) is 19.3 Å². The molecule has 0 amide bonds. The van der Waals surface area contributed by atoms with Gasteiger partial charge in [0.2, 0.25) is 0 Å². The van der Waals surface area contributed by atoms with Crippen molar-refractivity contribution >= 4 is 0 Å². The molecule has 0 aromatic heterocycles. The zero-order valence-corrected chi connectivity index (χ0v) is 8.36. The summed E-state index contributed by atoms with van der Waals surface area (Å²) < 4.78 is 17.0. The van der Waals surface area contributed by atoms with Gasteiger partial charge in [-0.3, -0.25) is 0 Å². The van der Waals surface area contributed by atoms with Crippen molar-refractivity contribution in [2.45, 2.75) is 57.7 Å². The first-order chi connectivity index (χ1) is 6.29. The lowest BCUT2D eigenvalue weighted by Gasteiger charge is -2.41. The summed E-state index contributed by atoms with van der Waals surface area (Å²) in [5.74, 6) is 0. The van der Waals surface area contributed by atoms with Crippen LogP contribution in [-0.4, -0.2) is 31.2 Å². The Kier molecular flexibility index (Phi) is 2.86. The maximum absolute atomic E-state index is 5.74. The molecule has 2 heterocycles. The predicted molar refractivity (Wildman–Crippen MR) is 48.5 cm³/mol. The molecule has 0 N–H and O–H groups in total. The first kappa shape index (κ1) is 9.44. The van der Waals surface area contributed by atoms with Crippen LogP contribution in [0.2, 0.25) is 0 Å². The molecule has 0 spiro atoms. The molecule has 4 atom stereocenters. The Morgan fingerprint density at radius 3 is 2.77 bits per heavy atom. The Morgan fingerprint density at radius 2 is 2.00 bits per heavy atom. The van der Waals surface area contributed by atoms with Gasteiger partial charge in [-0.05, 0) is 26.2 Å². The largest absolute Gasteiger partial charge is 0.370 e. The van der Waals surface area contributed by atoms with E-state index in [1.807, 2.05) is 0 Å². The van der Waals surface area contributed by atoms with Crippen LogP contribution in [0.5, 0.6) is 0 Å². The van der Waals surface area contributed by atoms with Gasteiger partial charge >= 0.3 is 0 Å². The topological polar surface area (TPSA) is 27.7 Å². The monoisotopic (exact) mass is 186 g/mol. The van der Waals surface area contributed by atoms with Crippen LogP contribution in [0, 0.1) is 0 Å². The van der Waals surface area contributed by atoms with Gasteiger partial charge in [-0.2, -0.15) is 0 Å². The van der Waals surface area contributed by atoms with Crippen LogP contribution in [0.25, 0.3) is 0 Å². The highest BCUT2D eigenvalue weighted by molar-refractivity contribution is 4.81. The lowest BCUT2D eigenvalue weighted by atomic mass is 10.0. The van der Waals surface area contributed by atoms with Crippen molar-refractivity contribution in [1.82, 2.24) is 0 Å². The SMILES string of the molecule is CCC1OCC2OC(C)CCC2O1. The molecule has 0 bridgehead atoms. The molecular formula is C10H18O3. The van der Waals surface area contributed by atoms with Crippen LogP contribution in [-0.2, 0) is 14.2 Å². The zero-order chi connectivity index (χ0) is 9.26. The van der Waals surface area contributed by atoms with Crippen LogP contribution in [0.15, 0.2) is 0 Å². The van der Waals surface area contributed by atoms with E-state index in [-0.39, 0.29) is 18.5 Å². The molecule has 76 valence electrons. The number of fused-ring (bicyclic) bond motifs is 1. The molecule has 4 unspecified atom stereocenters. The molecule has 2 fully saturated rings. The van der Waals surface area contributed by atoms with Crippen LogP contribution in [0.4, 0.5) is 0 Å². The van der Waals surface area contributed by atoms with E-state index in [9.17, 15) is 0 Å². The molecule has 0 saturated carbocycles. The van der Waals surface area contributed by atoms with Gasteiger partial charge in [0, 0.05) is 0 Å². The molecule has 2 saturated heterocycles. The second kappa shape index (κ2) is 3.95. The molecule has 3 nitrogen and oxygen atoms in total. The summed E-state index contributed by atoms with van der Waals surface area (Å²) in [6.07, 6.45) is 3.97. The fourth-order valence-corrected chi connectivity index (χ4v) is 1.99. The van der Waals surface area contributed by atoms with E-state index in [2.05, 4.69) is 13.8 Å². The third-order valence-corrected chi connectivity index (χ3v) is 2.79. The predicted octanol–water partition coefficient (Wildman–Crippen LogP) is 1.71. The third kappa shape index (κ3) is 2.03. The van der Waals surface area contributed by atoms with Crippen molar-refractivity contribution in [3.05, 3.63) is 0 Å². The maximum Gasteiger partial charge on any atom is 0.157 e. The van der Waals surface area contributed by atoms with Crippen LogP contribution in [0.1, 0.15) is 33.1 Å². The summed E-state index contributed by atoms with van der Waals surface area (Å²) in [7, 11) is 0. The van der Waals surface area contributed by atoms with Crippen molar-refractivity contribution in [1.29, 1.82) is 0 Å². The normalized spacial score (nSPS) is 45.7. The number of hydrogen-bond donors (Lipinski definition) is 0. The Hall–Kier alpha value is -0.120. The molecule has 0 aliphatic carbocycles. The van der Waals surface area contributed by atoms with Crippen LogP contribution < -0.4 is 0 Å². The lowest BCUT2D eigenvalue weighted by Crippen LogP contribution is -2.49. The average Bonchev–Trinajstić information content (AvgIpc) is 2.17. The summed E-state index contributed by atoms with van der Waals surface area (Å²) in [5.41, 5.74) is 0. The van der Waals surface area contributed by atoms with Crippen molar-refractivity contribution < 1.29 is 14.2 Å². The molecular weight excluding hydrogens is 168 g/mol. The van der Waals surface area contributed by atoms with Gasteiger partial charge in [-0.1, -0.05) is 6.92 Å². The van der Waals surface area contributed by atoms with Gasteiger partial charge in [0.1, 0.15) is 6.10 Å². The summed E-state index contributed by atoms with van der Waals surface area (Å²) in [5, 5.41) is 0. The van der Waals surface area contributed by atoms with Gasteiger partial charge < -0.3 is 14.2 Å². The van der Waals surface area contributed by atoms with Crippen molar-refractivity contribution in [3.8, 4) is 0 Å². The quantitative estimate of drug-likeness (QED) is 0.624. The maximum atomic E-state index is 5.74. The summed E-state index contributed by atoms with van der Waals surface area (Å²) in [6.45, 7) is 4.90. The van der Waals surface area contributed by atoms with E-state index < -0.39 is 0 Å². The van der Waals surface area contributed by atoms with E-state index in [1.54, 1.807) is 0 Å². The summed E-state index contributed by atoms with van der Waals surface area (Å²) >= 11 is 0. The minimum atomic E-state index is -0.00161. The van der Waals surface area contributed by atoms with Gasteiger partial charge in [0.15, 0.2) is 6.29 Å². The Labute approximate surface area is 79.4 Å². The zero-order valence-electron chi connectivity index (χ0n) is 8.36. The fraction of sp³-hybridized carbons (Fsp3) is 1.00. The molecule has 2 aliphatic rings. The Bertz CT molecular complexity index is 172. The first-order valence-corrected chi connectivity index (χ1v) is 5.22. The van der Waals surface area contributed by atoms with Gasteiger partial charge in [-0.25, -0.2) is 0 Å². The number of hydrogen-bond acceptors (Lipinski definition) is 3. The Balaban J connectivity index is 1.90. The lowest BCUT2D eigenvalue weighted by molar-refractivity contribution is -0.282. The van der Waals surface area contributed by atoms with E-state index in [4.69, 9.17) is 14.2 Å². The minimum Gasteiger partial charge on any atom is -0.370 e. The molecule has 3 heteroatoms. The molecule has 2 rings (SSSR count). The number of ether oxygens (including phenoxy) is 3. The molecule has 2 aliphatic heterocycles. The Morgan fingerprint density at radius 1 is 1.15 bits per heavy atom. The first-order valence-electron chi connectivity index (χ1n) is 5.22. The fourth-order valence-electron chi connectivity index (χ4n) is 1.99.